The zero-order chi connectivity index (χ0) is 16.8. The number of aromatic nitrogens is 3. The molecule has 0 saturated carbocycles. The average molecular weight is 319 g/mol. The van der Waals surface area contributed by atoms with Crippen LogP contribution in [0.2, 0.25) is 0 Å². The molecule has 0 amide bonds. The van der Waals surface area contributed by atoms with E-state index in [9.17, 15) is 9.59 Å². The van der Waals surface area contributed by atoms with Crippen LogP contribution in [0.4, 0.5) is 0 Å². The smallest absolute Gasteiger partial charge is 0.335 e. The van der Waals surface area contributed by atoms with E-state index in [2.05, 4.69) is 15.0 Å². The summed E-state index contributed by atoms with van der Waals surface area (Å²) in [6, 6.07) is 12.1. The van der Waals surface area contributed by atoms with Gasteiger partial charge >= 0.3 is 5.97 Å². The topological polar surface area (TPSA) is 98.8 Å². The molecule has 3 N–H and O–H groups in total. The van der Waals surface area contributed by atoms with Crippen molar-refractivity contribution in [1.82, 2.24) is 15.0 Å². The fraction of sp³-hybridized carbons (Fsp3) is 0.0556. The minimum atomic E-state index is -0.985. The molecule has 0 unspecified atom stereocenters. The van der Waals surface area contributed by atoms with Crippen molar-refractivity contribution >= 4 is 27.9 Å². The summed E-state index contributed by atoms with van der Waals surface area (Å²) < 4.78 is 0. The fourth-order valence-corrected chi connectivity index (χ4v) is 2.90. The molecule has 6 heteroatoms. The summed E-state index contributed by atoms with van der Waals surface area (Å²) in [6.07, 6.45) is 0. The number of hydrogen-bond acceptors (Lipinski definition) is 3. The third-order valence-electron chi connectivity index (χ3n) is 4.14. The first kappa shape index (κ1) is 14.2. The first-order chi connectivity index (χ1) is 11.5. The summed E-state index contributed by atoms with van der Waals surface area (Å²) in [5, 5.41) is 9.91. The van der Waals surface area contributed by atoms with Crippen LogP contribution in [0, 0.1) is 6.92 Å². The minimum Gasteiger partial charge on any atom is -0.478 e. The first-order valence-electron chi connectivity index (χ1n) is 7.39. The van der Waals surface area contributed by atoms with Crippen LogP contribution in [0.5, 0.6) is 0 Å². The van der Waals surface area contributed by atoms with E-state index in [1.54, 1.807) is 18.2 Å². The van der Waals surface area contributed by atoms with Crippen LogP contribution < -0.4 is 5.56 Å². The van der Waals surface area contributed by atoms with Gasteiger partial charge in [0.25, 0.3) is 5.56 Å². The number of benzene rings is 2. The van der Waals surface area contributed by atoms with Crippen molar-refractivity contribution in [3.8, 4) is 11.4 Å². The predicted molar refractivity (Wildman–Crippen MR) is 91.4 cm³/mol. The number of hydrogen-bond donors (Lipinski definition) is 3. The summed E-state index contributed by atoms with van der Waals surface area (Å²) in [4.78, 5) is 34.0. The highest BCUT2D eigenvalue weighted by molar-refractivity contribution is 5.97. The van der Waals surface area contributed by atoms with Crippen molar-refractivity contribution in [2.24, 2.45) is 0 Å². The Balaban J connectivity index is 2.00. The number of aromatic amines is 2. The molecule has 0 aliphatic rings. The van der Waals surface area contributed by atoms with E-state index in [1.165, 1.54) is 6.07 Å². The number of aromatic carboxylic acids is 1. The Kier molecular flexibility index (Phi) is 2.99. The van der Waals surface area contributed by atoms with Gasteiger partial charge in [-0.2, -0.15) is 0 Å². The van der Waals surface area contributed by atoms with E-state index in [0.29, 0.717) is 22.4 Å². The van der Waals surface area contributed by atoms with Crippen molar-refractivity contribution in [2.45, 2.75) is 6.92 Å². The maximum Gasteiger partial charge on any atom is 0.335 e. The highest BCUT2D eigenvalue weighted by atomic mass is 16.4. The van der Waals surface area contributed by atoms with Crippen LogP contribution in [0.25, 0.3) is 33.3 Å². The second kappa shape index (κ2) is 5.06. The van der Waals surface area contributed by atoms with Crippen LogP contribution in [0.3, 0.4) is 0 Å². The van der Waals surface area contributed by atoms with Gasteiger partial charge in [0.2, 0.25) is 0 Å². The van der Waals surface area contributed by atoms with Gasteiger partial charge < -0.3 is 15.1 Å². The molecule has 2 aromatic heterocycles. The lowest BCUT2D eigenvalue weighted by Crippen LogP contribution is -2.12. The van der Waals surface area contributed by atoms with Crippen LogP contribution >= 0.6 is 0 Å². The summed E-state index contributed by atoms with van der Waals surface area (Å²) in [5.41, 5.74) is 3.73. The molecule has 4 aromatic rings. The Bertz CT molecular complexity index is 1170. The molecule has 118 valence electrons. The molecular weight excluding hydrogens is 306 g/mol. The number of carboxylic acid groups (broad SMARTS) is 1. The van der Waals surface area contributed by atoms with Gasteiger partial charge in [-0.25, -0.2) is 9.78 Å². The Morgan fingerprint density at radius 3 is 2.67 bits per heavy atom. The second-order valence-corrected chi connectivity index (χ2v) is 5.62. The van der Waals surface area contributed by atoms with E-state index >= 15 is 0 Å². The van der Waals surface area contributed by atoms with Crippen LogP contribution in [0.1, 0.15) is 15.9 Å². The first-order valence-corrected chi connectivity index (χ1v) is 7.39. The third kappa shape index (κ3) is 2.08. The molecular formula is C18H13N3O3. The number of aryl methyl sites for hydroxylation is 1. The lowest BCUT2D eigenvalue weighted by molar-refractivity contribution is 0.0697. The second-order valence-electron chi connectivity index (χ2n) is 5.62. The van der Waals surface area contributed by atoms with Gasteiger partial charge in [-0.05, 0) is 42.8 Å². The van der Waals surface area contributed by atoms with Crippen molar-refractivity contribution < 1.29 is 9.90 Å². The number of para-hydroxylation sites is 2. The number of nitrogens with one attached hydrogen (secondary N) is 2. The van der Waals surface area contributed by atoms with Gasteiger partial charge in [0.1, 0.15) is 0 Å². The fourth-order valence-electron chi connectivity index (χ4n) is 2.90. The molecule has 0 aliphatic carbocycles. The van der Waals surface area contributed by atoms with Crippen molar-refractivity contribution in [2.75, 3.05) is 0 Å². The largest absolute Gasteiger partial charge is 0.478 e. The number of carbonyl (C=O) groups is 1. The molecule has 0 radical (unpaired) electrons. The molecule has 4 rings (SSSR count). The van der Waals surface area contributed by atoms with Gasteiger partial charge in [-0.3, -0.25) is 4.79 Å². The SMILES string of the molecule is Cc1c(-c2nc3ccccc3[nH]c2=O)[nH]c2ccc(C(=O)O)cc12. The number of fused-ring (bicyclic) bond motifs is 2. The molecule has 0 saturated heterocycles. The zero-order valence-corrected chi connectivity index (χ0v) is 12.8. The van der Waals surface area contributed by atoms with E-state index < -0.39 is 5.97 Å². The molecule has 24 heavy (non-hydrogen) atoms. The summed E-state index contributed by atoms with van der Waals surface area (Å²) in [7, 11) is 0. The Hall–Kier alpha value is -3.41. The Morgan fingerprint density at radius 2 is 1.88 bits per heavy atom. The van der Waals surface area contributed by atoms with E-state index in [0.717, 1.165) is 16.5 Å². The van der Waals surface area contributed by atoms with E-state index in [4.69, 9.17) is 5.11 Å². The van der Waals surface area contributed by atoms with Crippen LogP contribution in [-0.2, 0) is 0 Å². The van der Waals surface area contributed by atoms with Crippen LogP contribution in [-0.4, -0.2) is 26.0 Å². The molecule has 0 spiro atoms. The number of H-pyrrole nitrogens is 2. The van der Waals surface area contributed by atoms with Crippen LogP contribution in [0.15, 0.2) is 47.3 Å². The maximum absolute atomic E-state index is 12.4. The maximum atomic E-state index is 12.4. The summed E-state index contributed by atoms with van der Waals surface area (Å²) in [5.74, 6) is -0.985. The lowest BCUT2D eigenvalue weighted by Gasteiger charge is -2.02. The van der Waals surface area contributed by atoms with E-state index in [1.807, 2.05) is 25.1 Å². The third-order valence-corrected chi connectivity index (χ3v) is 4.14. The van der Waals surface area contributed by atoms with Gasteiger partial charge in [0, 0.05) is 10.9 Å². The van der Waals surface area contributed by atoms with Gasteiger partial charge in [0.05, 0.1) is 22.3 Å². The predicted octanol–water partition coefficient (Wildman–Crippen LogP) is 3.08. The van der Waals surface area contributed by atoms with Gasteiger partial charge in [-0.1, -0.05) is 12.1 Å². The highest BCUT2D eigenvalue weighted by Gasteiger charge is 2.16. The average Bonchev–Trinajstić information content (AvgIpc) is 2.90. The highest BCUT2D eigenvalue weighted by Crippen LogP contribution is 2.28. The molecule has 0 atom stereocenters. The molecule has 2 aromatic carbocycles. The monoisotopic (exact) mass is 319 g/mol. The number of carboxylic acids is 1. The van der Waals surface area contributed by atoms with Gasteiger partial charge in [0.15, 0.2) is 5.69 Å². The molecule has 0 aliphatic heterocycles. The van der Waals surface area contributed by atoms with Crippen molar-refractivity contribution in [3.63, 3.8) is 0 Å². The summed E-state index contributed by atoms with van der Waals surface area (Å²) in [6.45, 7) is 1.84. The standard InChI is InChI=1S/C18H13N3O3/c1-9-11-8-10(18(23)24)6-7-12(11)19-15(9)16-17(22)21-14-5-3-2-4-13(14)20-16/h2-8,19H,1H3,(H,21,22)(H,23,24). The zero-order valence-electron chi connectivity index (χ0n) is 12.8. The molecule has 2 heterocycles. The van der Waals surface area contributed by atoms with Crippen molar-refractivity contribution in [3.05, 3.63) is 63.9 Å². The molecule has 6 nitrogen and oxygen atoms in total. The molecule has 0 fully saturated rings. The summed E-state index contributed by atoms with van der Waals surface area (Å²) >= 11 is 0. The van der Waals surface area contributed by atoms with Crippen molar-refractivity contribution in [1.29, 1.82) is 0 Å². The minimum absolute atomic E-state index is 0.205. The Morgan fingerprint density at radius 1 is 1.08 bits per heavy atom. The normalized spacial score (nSPS) is 11.2. The number of rotatable bonds is 2. The van der Waals surface area contributed by atoms with E-state index in [-0.39, 0.29) is 11.1 Å². The van der Waals surface area contributed by atoms with Gasteiger partial charge in [-0.15, -0.1) is 0 Å². The Labute approximate surface area is 135 Å². The quantitative estimate of drug-likeness (QED) is 0.528. The number of nitrogens with zero attached hydrogens (tertiary/aromatic N) is 1. The molecule has 0 bridgehead atoms. The lowest BCUT2D eigenvalue weighted by atomic mass is 10.1.